The average molecular weight is 349 g/mol. The van der Waals surface area contributed by atoms with Gasteiger partial charge in [-0.25, -0.2) is 4.68 Å². The van der Waals surface area contributed by atoms with Gasteiger partial charge in [-0.3, -0.25) is 0 Å². The van der Waals surface area contributed by atoms with Crippen LogP contribution < -0.4 is 5.32 Å². The first-order valence-corrected chi connectivity index (χ1v) is 9.08. The molecule has 1 aromatic carbocycles. The van der Waals surface area contributed by atoms with E-state index in [1.54, 1.807) is 6.07 Å². The summed E-state index contributed by atoms with van der Waals surface area (Å²) in [6, 6.07) is 5.72. The standard InChI is InChI=1S/C19H22F3N3/c20-19(21,22)15-10-3-4-11-16(15)25-18-14(9-5-6-12-23-18)17(24-25)13-7-1-2-8-13/h3-4,10-11,13,23H,1-2,5-9,12H2. The first-order chi connectivity index (χ1) is 12.1. The third kappa shape index (κ3) is 3.02. The first kappa shape index (κ1) is 16.5. The van der Waals surface area contributed by atoms with Crippen molar-refractivity contribution < 1.29 is 13.2 Å². The highest BCUT2D eigenvalue weighted by Crippen LogP contribution is 2.41. The second kappa shape index (κ2) is 6.39. The fourth-order valence-corrected chi connectivity index (χ4v) is 4.13. The zero-order valence-corrected chi connectivity index (χ0v) is 14.1. The molecule has 1 N–H and O–H groups in total. The second-order valence-corrected chi connectivity index (χ2v) is 7.00. The lowest BCUT2D eigenvalue weighted by Crippen LogP contribution is -2.14. The Labute approximate surface area is 145 Å². The molecule has 1 aliphatic heterocycles. The van der Waals surface area contributed by atoms with Gasteiger partial charge in [0.05, 0.1) is 16.9 Å². The lowest BCUT2D eigenvalue weighted by atomic mass is 9.97. The van der Waals surface area contributed by atoms with E-state index in [0.29, 0.717) is 5.92 Å². The molecule has 25 heavy (non-hydrogen) atoms. The Bertz CT molecular complexity index is 758. The molecule has 1 aliphatic carbocycles. The number of benzene rings is 1. The summed E-state index contributed by atoms with van der Waals surface area (Å²) in [5.74, 6) is 1.14. The molecular weight excluding hydrogens is 327 g/mol. The van der Waals surface area contributed by atoms with Gasteiger partial charge in [0.1, 0.15) is 5.82 Å². The molecule has 0 bridgehead atoms. The van der Waals surface area contributed by atoms with Crippen molar-refractivity contribution in [3.63, 3.8) is 0 Å². The summed E-state index contributed by atoms with van der Waals surface area (Å²) in [6.07, 6.45) is 3.11. The number of hydrogen-bond donors (Lipinski definition) is 1. The van der Waals surface area contributed by atoms with Crippen molar-refractivity contribution in [2.24, 2.45) is 0 Å². The summed E-state index contributed by atoms with van der Waals surface area (Å²) in [5.41, 5.74) is 1.62. The van der Waals surface area contributed by atoms with Gasteiger partial charge in [-0.1, -0.05) is 25.0 Å². The number of halogens is 3. The SMILES string of the molecule is FC(F)(F)c1ccccc1-n1nc(C2CCCC2)c2c1NCCCC2. The minimum atomic E-state index is -4.40. The van der Waals surface area contributed by atoms with Crippen LogP contribution in [0.1, 0.15) is 61.3 Å². The molecule has 0 unspecified atom stereocenters. The van der Waals surface area contributed by atoms with E-state index >= 15 is 0 Å². The lowest BCUT2D eigenvalue weighted by Gasteiger charge is -2.15. The summed E-state index contributed by atoms with van der Waals surface area (Å²) < 4.78 is 42.0. The topological polar surface area (TPSA) is 29.9 Å². The van der Waals surface area contributed by atoms with E-state index in [9.17, 15) is 13.2 Å². The number of aromatic nitrogens is 2. The Balaban J connectivity index is 1.88. The maximum Gasteiger partial charge on any atom is 0.418 e. The number of hydrogen-bond acceptors (Lipinski definition) is 2. The van der Waals surface area contributed by atoms with Crippen molar-refractivity contribution in [2.45, 2.75) is 57.0 Å². The predicted octanol–water partition coefficient (Wildman–Crippen LogP) is 5.30. The number of rotatable bonds is 2. The van der Waals surface area contributed by atoms with Crippen molar-refractivity contribution in [1.82, 2.24) is 9.78 Å². The van der Waals surface area contributed by atoms with Crippen LogP contribution in [0.5, 0.6) is 0 Å². The molecule has 1 saturated carbocycles. The van der Waals surface area contributed by atoms with E-state index in [2.05, 4.69) is 5.32 Å². The molecule has 2 aliphatic rings. The third-order valence-corrected chi connectivity index (χ3v) is 5.34. The maximum atomic E-state index is 13.5. The van der Waals surface area contributed by atoms with Gasteiger partial charge in [0.25, 0.3) is 0 Å². The zero-order valence-electron chi connectivity index (χ0n) is 14.1. The maximum absolute atomic E-state index is 13.5. The molecule has 0 radical (unpaired) electrons. The van der Waals surface area contributed by atoms with Crippen LogP contribution in [0.15, 0.2) is 24.3 Å². The molecule has 0 saturated heterocycles. The quantitative estimate of drug-likeness (QED) is 0.798. The number of alkyl halides is 3. The Morgan fingerprint density at radius 1 is 1.04 bits per heavy atom. The minimum Gasteiger partial charge on any atom is -0.370 e. The van der Waals surface area contributed by atoms with Crippen LogP contribution in [0.3, 0.4) is 0 Å². The molecule has 4 rings (SSSR count). The second-order valence-electron chi connectivity index (χ2n) is 7.00. The fraction of sp³-hybridized carbons (Fsp3) is 0.526. The predicted molar refractivity (Wildman–Crippen MR) is 91.2 cm³/mol. The smallest absolute Gasteiger partial charge is 0.370 e. The molecule has 2 aromatic rings. The molecule has 1 fully saturated rings. The van der Waals surface area contributed by atoms with Gasteiger partial charge in [-0.05, 0) is 44.2 Å². The highest BCUT2D eigenvalue weighted by Gasteiger charge is 2.36. The van der Waals surface area contributed by atoms with Gasteiger partial charge < -0.3 is 5.32 Å². The third-order valence-electron chi connectivity index (χ3n) is 5.34. The molecule has 1 aromatic heterocycles. The van der Waals surface area contributed by atoms with Crippen molar-refractivity contribution in [2.75, 3.05) is 11.9 Å². The number of anilines is 1. The summed E-state index contributed by atoms with van der Waals surface area (Å²) in [5, 5.41) is 8.06. The van der Waals surface area contributed by atoms with Crippen LogP contribution in [0.2, 0.25) is 0 Å². The van der Waals surface area contributed by atoms with E-state index in [4.69, 9.17) is 5.10 Å². The Morgan fingerprint density at radius 2 is 1.80 bits per heavy atom. The molecule has 2 heterocycles. The molecule has 0 amide bonds. The lowest BCUT2D eigenvalue weighted by molar-refractivity contribution is -0.137. The summed E-state index contributed by atoms with van der Waals surface area (Å²) in [7, 11) is 0. The molecule has 134 valence electrons. The van der Waals surface area contributed by atoms with Crippen molar-refractivity contribution >= 4 is 5.82 Å². The van der Waals surface area contributed by atoms with E-state index in [1.807, 2.05) is 0 Å². The van der Waals surface area contributed by atoms with Crippen LogP contribution in [-0.2, 0) is 12.6 Å². The average Bonchev–Trinajstić information content (AvgIpc) is 3.16. The van der Waals surface area contributed by atoms with Crippen molar-refractivity contribution in [1.29, 1.82) is 0 Å². The van der Waals surface area contributed by atoms with E-state index in [1.165, 1.54) is 29.7 Å². The highest BCUT2D eigenvalue weighted by molar-refractivity contribution is 5.57. The molecule has 0 spiro atoms. The van der Waals surface area contributed by atoms with E-state index in [0.717, 1.165) is 61.8 Å². The van der Waals surface area contributed by atoms with Crippen molar-refractivity contribution in [3.05, 3.63) is 41.1 Å². The molecule has 6 heteroatoms. The molecular formula is C19H22F3N3. The van der Waals surface area contributed by atoms with Crippen LogP contribution in [0.25, 0.3) is 5.69 Å². The van der Waals surface area contributed by atoms with Crippen LogP contribution >= 0.6 is 0 Å². The number of fused-ring (bicyclic) bond motifs is 1. The summed E-state index contributed by atoms with van der Waals surface area (Å²) in [4.78, 5) is 0. The zero-order chi connectivity index (χ0) is 17.4. The van der Waals surface area contributed by atoms with E-state index in [-0.39, 0.29) is 5.69 Å². The first-order valence-electron chi connectivity index (χ1n) is 9.08. The van der Waals surface area contributed by atoms with Crippen LogP contribution in [-0.4, -0.2) is 16.3 Å². The number of nitrogens with one attached hydrogen (secondary N) is 1. The highest BCUT2D eigenvalue weighted by atomic mass is 19.4. The summed E-state index contributed by atoms with van der Waals surface area (Å²) >= 11 is 0. The van der Waals surface area contributed by atoms with Crippen LogP contribution in [0.4, 0.5) is 19.0 Å². The number of nitrogens with zero attached hydrogens (tertiary/aromatic N) is 2. The fourth-order valence-electron chi connectivity index (χ4n) is 4.13. The monoisotopic (exact) mass is 349 g/mol. The Kier molecular flexibility index (Phi) is 4.21. The van der Waals surface area contributed by atoms with E-state index < -0.39 is 11.7 Å². The molecule has 0 atom stereocenters. The van der Waals surface area contributed by atoms with Gasteiger partial charge in [-0.2, -0.15) is 18.3 Å². The Morgan fingerprint density at radius 3 is 2.56 bits per heavy atom. The largest absolute Gasteiger partial charge is 0.418 e. The Hall–Kier alpha value is -1.98. The van der Waals surface area contributed by atoms with Gasteiger partial charge in [0.2, 0.25) is 0 Å². The van der Waals surface area contributed by atoms with Gasteiger partial charge in [0, 0.05) is 18.0 Å². The van der Waals surface area contributed by atoms with Gasteiger partial charge in [0.15, 0.2) is 0 Å². The van der Waals surface area contributed by atoms with Gasteiger partial charge >= 0.3 is 6.18 Å². The summed E-state index contributed by atoms with van der Waals surface area (Å²) in [6.45, 7) is 0.775. The van der Waals surface area contributed by atoms with Gasteiger partial charge in [-0.15, -0.1) is 0 Å². The minimum absolute atomic E-state index is 0.116. The van der Waals surface area contributed by atoms with Crippen LogP contribution in [0, 0.1) is 0 Å². The normalized spacial score (nSPS) is 18.7. The number of para-hydroxylation sites is 1. The molecule has 3 nitrogen and oxygen atoms in total. The van der Waals surface area contributed by atoms with Crippen molar-refractivity contribution in [3.8, 4) is 5.69 Å².